The number of rotatable bonds is 0. The highest BCUT2D eigenvalue weighted by molar-refractivity contribution is 5.01. The van der Waals surface area contributed by atoms with Gasteiger partial charge in [0.25, 0.3) is 0 Å². The highest BCUT2D eigenvalue weighted by atomic mass is 15.7. The summed E-state index contributed by atoms with van der Waals surface area (Å²) in [7, 11) is 0. The van der Waals surface area contributed by atoms with Crippen molar-refractivity contribution < 1.29 is 0 Å². The van der Waals surface area contributed by atoms with Crippen LogP contribution in [0.15, 0.2) is 0 Å². The monoisotopic (exact) mass is 192 g/mol. The predicted molar refractivity (Wildman–Crippen MR) is 55.8 cm³/mol. The Balaban J connectivity index is 1.73. The molecule has 6 aliphatic rings. The Morgan fingerprint density at radius 3 is 0.857 bits per heavy atom. The van der Waals surface area contributed by atoms with Gasteiger partial charge in [0.15, 0.2) is 0 Å². The van der Waals surface area contributed by atoms with Crippen molar-refractivity contribution >= 4 is 0 Å². The lowest BCUT2D eigenvalue weighted by Crippen LogP contribution is -2.71. The summed E-state index contributed by atoms with van der Waals surface area (Å²) in [5, 5.41) is 5.66. The van der Waals surface area contributed by atoms with Crippen LogP contribution in [0.4, 0.5) is 0 Å². The summed E-state index contributed by atoms with van der Waals surface area (Å²) in [6.07, 6.45) is 11.9. The number of hydrogen-bond donors (Lipinski definition) is 0. The molecule has 2 nitrogen and oxygen atoms in total. The minimum absolute atomic E-state index is 0.938. The fourth-order valence-corrected chi connectivity index (χ4v) is 4.53. The second-order valence-electron chi connectivity index (χ2n) is 5.68. The molecule has 2 heteroatoms. The third-order valence-corrected chi connectivity index (χ3v) is 5.10. The van der Waals surface area contributed by atoms with Crippen LogP contribution in [-0.2, 0) is 0 Å². The zero-order valence-electron chi connectivity index (χ0n) is 8.86. The van der Waals surface area contributed by atoms with E-state index in [0.29, 0.717) is 0 Å². The molecule has 6 rings (SSSR count). The molecular formula is C12H20N2. The molecule has 0 unspecified atom stereocenters. The summed E-state index contributed by atoms with van der Waals surface area (Å²) in [6.45, 7) is 0. The van der Waals surface area contributed by atoms with Gasteiger partial charge in [-0.2, -0.15) is 0 Å². The van der Waals surface area contributed by atoms with Gasteiger partial charge in [-0.1, -0.05) is 0 Å². The molecule has 14 heavy (non-hydrogen) atoms. The number of hydrogen-bond acceptors (Lipinski definition) is 2. The van der Waals surface area contributed by atoms with Gasteiger partial charge in [0, 0.05) is 24.2 Å². The van der Waals surface area contributed by atoms with Crippen molar-refractivity contribution in [1.82, 2.24) is 10.0 Å². The summed E-state index contributed by atoms with van der Waals surface area (Å²) in [5.74, 6) is 0. The molecule has 78 valence electrons. The van der Waals surface area contributed by atoms with E-state index in [1.807, 2.05) is 0 Å². The van der Waals surface area contributed by atoms with Gasteiger partial charge in [0.1, 0.15) is 0 Å². The van der Waals surface area contributed by atoms with E-state index in [1.54, 1.807) is 0 Å². The van der Waals surface area contributed by atoms with Crippen LogP contribution in [0.2, 0.25) is 0 Å². The van der Waals surface area contributed by atoms with Crippen LogP contribution in [0.25, 0.3) is 0 Å². The molecule has 0 aromatic carbocycles. The largest absolute Gasteiger partial charge is 0.235 e. The molecule has 6 fully saturated rings. The highest BCUT2D eigenvalue weighted by Gasteiger charge is 2.50. The SMILES string of the molecule is C1CC2CCC1N1C3CCC(CC3)N21. The molecule has 4 saturated heterocycles. The van der Waals surface area contributed by atoms with E-state index in [0.717, 1.165) is 24.2 Å². The van der Waals surface area contributed by atoms with Crippen LogP contribution in [0.3, 0.4) is 0 Å². The quantitative estimate of drug-likeness (QED) is 0.580. The predicted octanol–water partition coefficient (Wildman–Crippen LogP) is 2.16. The molecule has 4 bridgehead atoms. The molecule has 2 saturated carbocycles. The number of nitrogens with zero attached hydrogens (tertiary/aromatic N) is 2. The molecule has 0 spiro atoms. The van der Waals surface area contributed by atoms with Gasteiger partial charge in [0.2, 0.25) is 0 Å². The van der Waals surface area contributed by atoms with Crippen molar-refractivity contribution in [1.29, 1.82) is 0 Å². The normalized spacial score (nSPS) is 60.0. The van der Waals surface area contributed by atoms with Gasteiger partial charge in [-0.05, 0) is 51.4 Å². The maximum absolute atomic E-state index is 2.83. The fourth-order valence-electron chi connectivity index (χ4n) is 4.53. The zero-order chi connectivity index (χ0) is 9.12. The summed E-state index contributed by atoms with van der Waals surface area (Å²) in [4.78, 5) is 0. The van der Waals surface area contributed by atoms with E-state index < -0.39 is 0 Å². The van der Waals surface area contributed by atoms with E-state index in [1.165, 1.54) is 51.4 Å². The van der Waals surface area contributed by atoms with Crippen molar-refractivity contribution in [2.75, 3.05) is 0 Å². The molecule has 4 heterocycles. The van der Waals surface area contributed by atoms with Gasteiger partial charge in [-0.3, -0.25) is 0 Å². The van der Waals surface area contributed by atoms with Crippen molar-refractivity contribution in [3.8, 4) is 0 Å². The summed E-state index contributed by atoms with van der Waals surface area (Å²) in [6, 6.07) is 3.75. The topological polar surface area (TPSA) is 6.48 Å². The van der Waals surface area contributed by atoms with Gasteiger partial charge in [-0.25, -0.2) is 10.0 Å². The van der Waals surface area contributed by atoms with Crippen molar-refractivity contribution in [2.24, 2.45) is 0 Å². The first-order chi connectivity index (χ1) is 6.93. The second-order valence-corrected chi connectivity index (χ2v) is 5.68. The molecule has 4 aliphatic heterocycles. The lowest BCUT2D eigenvalue weighted by Gasteiger charge is -2.64. The van der Waals surface area contributed by atoms with Crippen molar-refractivity contribution in [3.63, 3.8) is 0 Å². The minimum atomic E-state index is 0.938. The second kappa shape index (κ2) is 2.73. The van der Waals surface area contributed by atoms with Crippen molar-refractivity contribution in [3.05, 3.63) is 0 Å². The minimum Gasteiger partial charge on any atom is -0.235 e. The van der Waals surface area contributed by atoms with Crippen LogP contribution in [-0.4, -0.2) is 34.2 Å². The van der Waals surface area contributed by atoms with Gasteiger partial charge < -0.3 is 0 Å². The van der Waals surface area contributed by atoms with Crippen LogP contribution < -0.4 is 0 Å². The van der Waals surface area contributed by atoms with E-state index in [9.17, 15) is 0 Å². The first-order valence-electron chi connectivity index (χ1n) is 6.50. The molecule has 0 atom stereocenters. The Labute approximate surface area is 86.2 Å². The van der Waals surface area contributed by atoms with E-state index in [2.05, 4.69) is 10.0 Å². The Bertz CT molecular complexity index is 187. The number of hydrazine groups is 1. The molecule has 0 N–H and O–H groups in total. The van der Waals surface area contributed by atoms with Crippen LogP contribution >= 0.6 is 0 Å². The molecule has 0 aromatic rings. The summed E-state index contributed by atoms with van der Waals surface area (Å²) < 4.78 is 0. The lowest BCUT2D eigenvalue weighted by atomic mass is 9.78. The summed E-state index contributed by atoms with van der Waals surface area (Å²) in [5.41, 5.74) is 0. The highest BCUT2D eigenvalue weighted by Crippen LogP contribution is 2.46. The Morgan fingerprint density at radius 1 is 0.429 bits per heavy atom. The van der Waals surface area contributed by atoms with Gasteiger partial charge in [-0.15, -0.1) is 0 Å². The zero-order valence-corrected chi connectivity index (χ0v) is 8.86. The van der Waals surface area contributed by atoms with E-state index in [-0.39, 0.29) is 0 Å². The Hall–Kier alpha value is -0.0800. The Morgan fingerprint density at radius 2 is 0.643 bits per heavy atom. The van der Waals surface area contributed by atoms with Crippen LogP contribution in [0.1, 0.15) is 51.4 Å². The average molecular weight is 192 g/mol. The molecule has 0 aromatic heterocycles. The smallest absolute Gasteiger partial charge is 0.0250 e. The van der Waals surface area contributed by atoms with Crippen LogP contribution in [0, 0.1) is 0 Å². The van der Waals surface area contributed by atoms with E-state index >= 15 is 0 Å². The molecular weight excluding hydrogens is 172 g/mol. The van der Waals surface area contributed by atoms with E-state index in [4.69, 9.17) is 0 Å². The third-order valence-electron chi connectivity index (χ3n) is 5.10. The van der Waals surface area contributed by atoms with Gasteiger partial charge >= 0.3 is 0 Å². The fraction of sp³-hybridized carbons (Fsp3) is 1.00. The first kappa shape index (κ1) is 8.12. The maximum Gasteiger partial charge on any atom is 0.0250 e. The van der Waals surface area contributed by atoms with Crippen molar-refractivity contribution in [2.45, 2.75) is 75.5 Å². The molecule has 0 amide bonds. The standard InChI is InChI=1S/C12H20N2/c1-2-10-4-3-9(1)13-11-5-7-12(8-6-11)14(10)13/h9-12H,1-8H2. The molecule has 0 radical (unpaired) electrons. The van der Waals surface area contributed by atoms with Crippen LogP contribution in [0.5, 0.6) is 0 Å². The van der Waals surface area contributed by atoms with Gasteiger partial charge in [0.05, 0.1) is 0 Å². The maximum atomic E-state index is 2.83. The average Bonchev–Trinajstić information content (AvgIpc) is 2.32. The Kier molecular flexibility index (Phi) is 1.58. The third kappa shape index (κ3) is 0.892. The number of fused-ring (bicyclic) bond motifs is 4. The first-order valence-corrected chi connectivity index (χ1v) is 6.50. The molecule has 2 aliphatic carbocycles. The summed E-state index contributed by atoms with van der Waals surface area (Å²) >= 11 is 0. The lowest BCUT2D eigenvalue weighted by molar-refractivity contribution is -0.247.